The fraction of sp³-hybridized carbons (Fsp3) is 0.308. The van der Waals surface area contributed by atoms with E-state index in [-0.39, 0.29) is 0 Å². The van der Waals surface area contributed by atoms with Crippen LogP contribution >= 0.6 is 31.9 Å². The third-order valence-corrected chi connectivity index (χ3v) is 4.36. The summed E-state index contributed by atoms with van der Waals surface area (Å²) >= 11 is 7.10. The molecule has 1 atom stereocenters. The molecule has 1 unspecified atom stereocenters. The zero-order chi connectivity index (χ0) is 11.3. The first-order valence-electron chi connectivity index (χ1n) is 5.44. The molecule has 1 heterocycles. The van der Waals surface area contributed by atoms with Crippen molar-refractivity contribution in [3.05, 3.63) is 38.4 Å². The zero-order valence-corrected chi connectivity index (χ0v) is 12.1. The van der Waals surface area contributed by atoms with E-state index in [1.807, 2.05) is 0 Å². The number of halogens is 2. The van der Waals surface area contributed by atoms with Crippen LogP contribution in [0.4, 0.5) is 0 Å². The molecule has 0 bridgehead atoms. The second kappa shape index (κ2) is 3.81. The minimum absolute atomic E-state index is 0.657. The summed E-state index contributed by atoms with van der Waals surface area (Å²) in [6.07, 6.45) is 2.35. The molecule has 1 aliphatic carbocycles. The number of pyridine rings is 1. The molecule has 0 saturated heterocycles. The van der Waals surface area contributed by atoms with E-state index in [4.69, 9.17) is 4.98 Å². The molecule has 1 aliphatic rings. The second-order valence-corrected chi connectivity index (χ2v) is 6.19. The average Bonchev–Trinajstić information content (AvgIpc) is 2.58. The molecule has 16 heavy (non-hydrogen) atoms. The molecule has 3 heteroatoms. The summed E-state index contributed by atoms with van der Waals surface area (Å²) in [6, 6.07) is 6.49. The Morgan fingerprint density at radius 2 is 2.06 bits per heavy atom. The lowest BCUT2D eigenvalue weighted by Crippen LogP contribution is -1.92. The topological polar surface area (TPSA) is 12.9 Å². The Kier molecular flexibility index (Phi) is 2.55. The molecule has 1 nitrogen and oxygen atoms in total. The van der Waals surface area contributed by atoms with Gasteiger partial charge in [-0.25, -0.2) is 0 Å². The first-order valence-corrected chi connectivity index (χ1v) is 7.02. The third kappa shape index (κ3) is 1.61. The van der Waals surface area contributed by atoms with Crippen LogP contribution in [0.3, 0.4) is 0 Å². The Morgan fingerprint density at radius 1 is 1.25 bits per heavy atom. The maximum Gasteiger partial charge on any atom is 0.0848 e. The quantitative estimate of drug-likeness (QED) is 0.670. The highest BCUT2D eigenvalue weighted by molar-refractivity contribution is 9.11. The molecule has 0 spiro atoms. The van der Waals surface area contributed by atoms with Crippen LogP contribution in [0, 0.1) is 0 Å². The summed E-state index contributed by atoms with van der Waals surface area (Å²) < 4.78 is 2.17. The van der Waals surface area contributed by atoms with E-state index in [1.54, 1.807) is 0 Å². The standard InChI is InChI=1S/C13H11Br2N/c1-7-2-3-12-10(7)5-8-4-9(14)6-11(15)13(8)16-12/h4-7H,2-3H2,1H3. The van der Waals surface area contributed by atoms with Crippen LogP contribution in [0.1, 0.15) is 30.5 Å². The maximum atomic E-state index is 4.78. The molecule has 2 aromatic rings. The Labute approximate surface area is 112 Å². The molecule has 3 rings (SSSR count). The van der Waals surface area contributed by atoms with Crippen molar-refractivity contribution in [2.24, 2.45) is 0 Å². The van der Waals surface area contributed by atoms with E-state index in [9.17, 15) is 0 Å². The highest BCUT2D eigenvalue weighted by Crippen LogP contribution is 2.36. The number of aryl methyl sites for hydroxylation is 1. The second-order valence-electron chi connectivity index (χ2n) is 4.42. The van der Waals surface area contributed by atoms with Crippen molar-refractivity contribution < 1.29 is 0 Å². The predicted octanol–water partition coefficient (Wildman–Crippen LogP) is 4.81. The van der Waals surface area contributed by atoms with E-state index >= 15 is 0 Å². The highest BCUT2D eigenvalue weighted by atomic mass is 79.9. The minimum atomic E-state index is 0.657. The predicted molar refractivity (Wildman–Crippen MR) is 73.9 cm³/mol. The molecular weight excluding hydrogens is 330 g/mol. The summed E-state index contributed by atoms with van der Waals surface area (Å²) in [5, 5.41) is 1.22. The smallest absolute Gasteiger partial charge is 0.0848 e. The maximum absolute atomic E-state index is 4.78. The molecule has 0 N–H and O–H groups in total. The largest absolute Gasteiger partial charge is 0.251 e. The molecule has 0 aliphatic heterocycles. The van der Waals surface area contributed by atoms with Gasteiger partial charge in [0, 0.05) is 20.0 Å². The lowest BCUT2D eigenvalue weighted by atomic mass is 10.0. The van der Waals surface area contributed by atoms with Crippen LogP contribution in [0.15, 0.2) is 27.1 Å². The van der Waals surface area contributed by atoms with Gasteiger partial charge in [-0.1, -0.05) is 22.9 Å². The van der Waals surface area contributed by atoms with Crippen molar-refractivity contribution in [2.45, 2.75) is 25.7 Å². The lowest BCUT2D eigenvalue weighted by Gasteiger charge is -2.07. The van der Waals surface area contributed by atoms with E-state index in [0.717, 1.165) is 20.9 Å². The van der Waals surface area contributed by atoms with Gasteiger partial charge in [-0.15, -0.1) is 0 Å². The van der Waals surface area contributed by atoms with E-state index in [2.05, 4.69) is 57.0 Å². The minimum Gasteiger partial charge on any atom is -0.251 e. The van der Waals surface area contributed by atoms with Gasteiger partial charge in [-0.2, -0.15) is 0 Å². The number of nitrogens with zero attached hydrogens (tertiary/aromatic N) is 1. The summed E-state index contributed by atoms with van der Waals surface area (Å²) in [5.41, 5.74) is 3.79. The van der Waals surface area contributed by atoms with Gasteiger partial charge in [0.05, 0.1) is 5.52 Å². The molecule has 0 saturated carbocycles. The molecule has 82 valence electrons. The molecule has 1 aromatic carbocycles. The van der Waals surface area contributed by atoms with Crippen molar-refractivity contribution in [3.63, 3.8) is 0 Å². The Hall–Kier alpha value is -0.410. The van der Waals surface area contributed by atoms with Crippen LogP contribution < -0.4 is 0 Å². The van der Waals surface area contributed by atoms with Gasteiger partial charge >= 0.3 is 0 Å². The van der Waals surface area contributed by atoms with Crippen LogP contribution in [-0.4, -0.2) is 4.98 Å². The van der Waals surface area contributed by atoms with Crippen LogP contribution in [0.2, 0.25) is 0 Å². The fourth-order valence-electron chi connectivity index (χ4n) is 2.40. The number of hydrogen-bond acceptors (Lipinski definition) is 1. The lowest BCUT2D eigenvalue weighted by molar-refractivity contribution is 0.746. The van der Waals surface area contributed by atoms with Gasteiger partial charge in [0.15, 0.2) is 0 Å². The zero-order valence-electron chi connectivity index (χ0n) is 8.93. The summed E-state index contributed by atoms with van der Waals surface area (Å²) in [4.78, 5) is 4.78. The van der Waals surface area contributed by atoms with E-state index < -0.39 is 0 Å². The first kappa shape index (κ1) is 10.7. The Balaban J connectivity index is 2.35. The van der Waals surface area contributed by atoms with Gasteiger partial charge in [-0.3, -0.25) is 4.98 Å². The molecule has 0 radical (unpaired) electrons. The number of fused-ring (bicyclic) bond motifs is 2. The Bertz CT molecular complexity index is 578. The van der Waals surface area contributed by atoms with Crippen molar-refractivity contribution in [3.8, 4) is 0 Å². The van der Waals surface area contributed by atoms with E-state index in [1.165, 1.54) is 23.1 Å². The van der Waals surface area contributed by atoms with Crippen molar-refractivity contribution in [1.82, 2.24) is 4.98 Å². The van der Waals surface area contributed by atoms with Crippen molar-refractivity contribution in [1.29, 1.82) is 0 Å². The summed E-state index contributed by atoms with van der Waals surface area (Å²) in [7, 11) is 0. The summed E-state index contributed by atoms with van der Waals surface area (Å²) in [5.74, 6) is 0.657. The van der Waals surface area contributed by atoms with Gasteiger partial charge in [-0.05, 0) is 58.5 Å². The summed E-state index contributed by atoms with van der Waals surface area (Å²) in [6.45, 7) is 2.28. The van der Waals surface area contributed by atoms with Gasteiger partial charge in [0.1, 0.15) is 0 Å². The first-order chi connectivity index (χ1) is 7.65. The molecule has 0 amide bonds. The molecule has 1 aromatic heterocycles. The fourth-order valence-corrected chi connectivity index (χ4v) is 3.75. The van der Waals surface area contributed by atoms with Crippen molar-refractivity contribution in [2.75, 3.05) is 0 Å². The van der Waals surface area contributed by atoms with Crippen LogP contribution in [-0.2, 0) is 6.42 Å². The van der Waals surface area contributed by atoms with Crippen LogP contribution in [0.25, 0.3) is 10.9 Å². The van der Waals surface area contributed by atoms with Gasteiger partial charge in [0.2, 0.25) is 0 Å². The third-order valence-electron chi connectivity index (χ3n) is 3.29. The van der Waals surface area contributed by atoms with Gasteiger partial charge in [0.25, 0.3) is 0 Å². The number of hydrogen-bond donors (Lipinski definition) is 0. The number of aromatic nitrogens is 1. The number of benzene rings is 1. The van der Waals surface area contributed by atoms with Crippen molar-refractivity contribution >= 4 is 42.8 Å². The molecular formula is C13H11Br2N. The Morgan fingerprint density at radius 3 is 2.88 bits per heavy atom. The monoisotopic (exact) mass is 339 g/mol. The number of rotatable bonds is 0. The highest BCUT2D eigenvalue weighted by Gasteiger charge is 2.20. The van der Waals surface area contributed by atoms with E-state index in [0.29, 0.717) is 5.92 Å². The normalized spacial score (nSPS) is 19.1. The van der Waals surface area contributed by atoms with Gasteiger partial charge < -0.3 is 0 Å². The molecule has 0 fully saturated rings. The average molecular weight is 341 g/mol. The SMILES string of the molecule is CC1CCc2nc3c(Br)cc(Br)cc3cc21. The van der Waals surface area contributed by atoms with Crippen LogP contribution in [0.5, 0.6) is 0 Å².